The predicted octanol–water partition coefficient (Wildman–Crippen LogP) is 4.83. The third-order valence-corrected chi connectivity index (χ3v) is 5.73. The number of hydrogen-bond donors (Lipinski definition) is 1. The topological polar surface area (TPSA) is 26.0 Å². The maximum Gasteiger partial charge on any atom is 0.124 e. The van der Waals surface area contributed by atoms with Crippen molar-refractivity contribution in [2.75, 3.05) is 0 Å². The Morgan fingerprint density at radius 3 is 2.67 bits per heavy atom. The first kappa shape index (κ1) is 14.1. The molecule has 96 valence electrons. The average Bonchev–Trinajstić information content (AvgIpc) is 2.72. The highest BCUT2D eigenvalue weighted by molar-refractivity contribution is 9.11. The second kappa shape index (κ2) is 6.19. The van der Waals surface area contributed by atoms with E-state index in [9.17, 15) is 4.39 Å². The Morgan fingerprint density at radius 1 is 1.33 bits per heavy atom. The smallest absolute Gasteiger partial charge is 0.124 e. The van der Waals surface area contributed by atoms with Crippen LogP contribution in [0.15, 0.2) is 45.1 Å². The Kier molecular flexibility index (Phi) is 4.84. The predicted molar refractivity (Wildman–Crippen MR) is 80.7 cm³/mol. The Bertz CT molecular complexity index is 527. The number of rotatable bonds is 4. The fourth-order valence-corrected chi connectivity index (χ4v) is 4.44. The highest BCUT2D eigenvalue weighted by Gasteiger charge is 2.19. The van der Waals surface area contributed by atoms with Crippen LogP contribution >= 0.6 is 39.0 Å². The van der Waals surface area contributed by atoms with Gasteiger partial charge in [0.2, 0.25) is 0 Å². The van der Waals surface area contributed by atoms with Crippen LogP contribution < -0.4 is 5.73 Å². The summed E-state index contributed by atoms with van der Waals surface area (Å²) < 4.78 is 14.3. The molecule has 0 spiro atoms. The molecule has 0 radical (unpaired) electrons. The van der Waals surface area contributed by atoms with Crippen LogP contribution in [0.4, 0.5) is 4.39 Å². The monoisotopic (exact) mass is 345 g/mol. The molecule has 0 aliphatic rings. The minimum atomic E-state index is -0.212. The molecule has 1 aromatic carbocycles. The van der Waals surface area contributed by atoms with Gasteiger partial charge >= 0.3 is 0 Å². The molecular weight excluding hydrogens is 333 g/mol. The molecule has 2 rings (SSSR count). The summed E-state index contributed by atoms with van der Waals surface area (Å²) in [6.45, 7) is 1.98. The molecule has 5 heteroatoms. The van der Waals surface area contributed by atoms with E-state index in [4.69, 9.17) is 5.73 Å². The van der Waals surface area contributed by atoms with Crippen molar-refractivity contribution in [3.8, 4) is 0 Å². The molecule has 2 unspecified atom stereocenters. The quantitative estimate of drug-likeness (QED) is 0.803. The number of benzene rings is 1. The van der Waals surface area contributed by atoms with Gasteiger partial charge < -0.3 is 5.73 Å². The summed E-state index contributed by atoms with van der Waals surface area (Å²) in [6, 6.07) is 10.7. The minimum Gasteiger partial charge on any atom is -0.327 e. The van der Waals surface area contributed by atoms with Crippen molar-refractivity contribution in [2.45, 2.75) is 23.1 Å². The van der Waals surface area contributed by atoms with Crippen LogP contribution in [-0.2, 0) is 0 Å². The zero-order valence-electron chi connectivity index (χ0n) is 9.77. The highest BCUT2D eigenvalue weighted by Crippen LogP contribution is 2.41. The van der Waals surface area contributed by atoms with Gasteiger partial charge in [-0.15, -0.1) is 23.1 Å². The van der Waals surface area contributed by atoms with Crippen molar-refractivity contribution in [1.82, 2.24) is 0 Å². The van der Waals surface area contributed by atoms with Crippen molar-refractivity contribution in [3.05, 3.63) is 50.9 Å². The lowest BCUT2D eigenvalue weighted by Gasteiger charge is -2.19. The molecule has 1 aromatic heterocycles. The van der Waals surface area contributed by atoms with Gasteiger partial charge in [-0.05, 0) is 53.2 Å². The van der Waals surface area contributed by atoms with E-state index in [1.165, 1.54) is 10.9 Å². The maximum absolute atomic E-state index is 13.2. The van der Waals surface area contributed by atoms with Crippen molar-refractivity contribution >= 4 is 39.0 Å². The van der Waals surface area contributed by atoms with E-state index in [1.807, 2.05) is 19.1 Å². The third-order valence-electron chi connectivity index (χ3n) is 2.41. The van der Waals surface area contributed by atoms with Gasteiger partial charge in [0.15, 0.2) is 0 Å². The summed E-state index contributed by atoms with van der Waals surface area (Å²) >= 11 is 6.73. The van der Waals surface area contributed by atoms with Gasteiger partial charge in [0.05, 0.1) is 9.04 Å². The molecule has 1 nitrogen and oxygen atoms in total. The summed E-state index contributed by atoms with van der Waals surface area (Å²) in [6.07, 6.45) is 0. The molecule has 1 heterocycles. The van der Waals surface area contributed by atoms with E-state index >= 15 is 0 Å². The Morgan fingerprint density at radius 2 is 2.11 bits per heavy atom. The fourth-order valence-electron chi connectivity index (χ4n) is 1.59. The van der Waals surface area contributed by atoms with Gasteiger partial charge in [-0.1, -0.05) is 6.07 Å². The molecular formula is C13H13BrFNS2. The highest BCUT2D eigenvalue weighted by atomic mass is 79.9. The fraction of sp³-hybridized carbons (Fsp3) is 0.231. The van der Waals surface area contributed by atoms with Crippen molar-refractivity contribution in [3.63, 3.8) is 0 Å². The van der Waals surface area contributed by atoms with Gasteiger partial charge in [-0.25, -0.2) is 4.39 Å². The molecule has 2 aromatic rings. The normalized spacial score (nSPS) is 14.4. The van der Waals surface area contributed by atoms with E-state index in [1.54, 1.807) is 35.2 Å². The van der Waals surface area contributed by atoms with Gasteiger partial charge in [0.1, 0.15) is 5.82 Å². The van der Waals surface area contributed by atoms with Crippen molar-refractivity contribution in [2.24, 2.45) is 5.73 Å². The maximum atomic E-state index is 13.2. The molecule has 0 aliphatic heterocycles. The molecule has 0 fully saturated rings. The number of halogens is 2. The standard InChI is InChI=1S/C13H13BrFNS2/c1-8(16)13(11-5-6-12(14)18-11)17-10-4-2-3-9(15)7-10/h2-8,13H,16H2,1H3. The van der Waals surface area contributed by atoms with Gasteiger partial charge in [-0.3, -0.25) is 0 Å². The van der Waals surface area contributed by atoms with Crippen LogP contribution in [0.3, 0.4) is 0 Å². The average molecular weight is 346 g/mol. The molecule has 0 amide bonds. The van der Waals surface area contributed by atoms with Crippen LogP contribution in [0, 0.1) is 5.82 Å². The molecule has 0 saturated heterocycles. The molecule has 2 atom stereocenters. The lowest BCUT2D eigenvalue weighted by Crippen LogP contribution is -2.21. The van der Waals surface area contributed by atoms with E-state index in [0.717, 1.165) is 8.68 Å². The molecule has 0 saturated carbocycles. The van der Waals surface area contributed by atoms with Gasteiger partial charge in [0, 0.05) is 15.8 Å². The van der Waals surface area contributed by atoms with Crippen molar-refractivity contribution < 1.29 is 4.39 Å². The van der Waals surface area contributed by atoms with Crippen LogP contribution in [0.1, 0.15) is 17.1 Å². The zero-order chi connectivity index (χ0) is 13.1. The zero-order valence-corrected chi connectivity index (χ0v) is 13.0. The second-order valence-corrected chi connectivity index (χ2v) is 7.71. The van der Waals surface area contributed by atoms with Crippen LogP contribution in [0.25, 0.3) is 0 Å². The third kappa shape index (κ3) is 3.57. The summed E-state index contributed by atoms with van der Waals surface area (Å²) in [5, 5.41) is 0.142. The number of thiophene rings is 1. The van der Waals surface area contributed by atoms with E-state index in [-0.39, 0.29) is 17.1 Å². The summed E-state index contributed by atoms with van der Waals surface area (Å²) in [7, 11) is 0. The number of hydrogen-bond acceptors (Lipinski definition) is 3. The Balaban J connectivity index is 2.22. The van der Waals surface area contributed by atoms with Gasteiger partial charge in [-0.2, -0.15) is 0 Å². The summed E-state index contributed by atoms with van der Waals surface area (Å²) in [5.41, 5.74) is 6.04. The van der Waals surface area contributed by atoms with E-state index in [2.05, 4.69) is 22.0 Å². The van der Waals surface area contributed by atoms with Crippen molar-refractivity contribution in [1.29, 1.82) is 0 Å². The molecule has 18 heavy (non-hydrogen) atoms. The second-order valence-electron chi connectivity index (χ2n) is 4.00. The summed E-state index contributed by atoms with van der Waals surface area (Å²) in [5.74, 6) is -0.212. The summed E-state index contributed by atoms with van der Waals surface area (Å²) in [4.78, 5) is 2.10. The first-order chi connectivity index (χ1) is 8.56. The van der Waals surface area contributed by atoms with Crippen LogP contribution in [0.2, 0.25) is 0 Å². The van der Waals surface area contributed by atoms with Gasteiger partial charge in [0.25, 0.3) is 0 Å². The number of thioether (sulfide) groups is 1. The van der Waals surface area contributed by atoms with Crippen LogP contribution in [-0.4, -0.2) is 6.04 Å². The largest absolute Gasteiger partial charge is 0.327 e. The molecule has 2 N–H and O–H groups in total. The van der Waals surface area contributed by atoms with E-state index in [0.29, 0.717) is 0 Å². The first-order valence-corrected chi connectivity index (χ1v) is 7.98. The molecule has 0 aliphatic carbocycles. The lowest BCUT2D eigenvalue weighted by atomic mass is 10.2. The molecule has 0 bridgehead atoms. The van der Waals surface area contributed by atoms with E-state index < -0.39 is 0 Å². The lowest BCUT2D eigenvalue weighted by molar-refractivity contribution is 0.624. The Labute approximate surface area is 123 Å². The minimum absolute atomic E-state index is 0.00353. The first-order valence-electron chi connectivity index (χ1n) is 5.49. The van der Waals surface area contributed by atoms with Crippen LogP contribution in [0.5, 0.6) is 0 Å². The Hall–Kier alpha value is -0.360. The SMILES string of the molecule is CC(N)C(Sc1cccc(F)c1)c1ccc(Br)s1. The number of nitrogens with two attached hydrogens (primary N) is 1.